The van der Waals surface area contributed by atoms with Crippen molar-refractivity contribution in [2.45, 2.75) is 39.0 Å². The molecule has 6 heteroatoms. The number of allylic oxidation sites excluding steroid dienone is 1. The van der Waals surface area contributed by atoms with Crippen LogP contribution in [-0.4, -0.2) is 36.7 Å². The topological polar surface area (TPSA) is 86.7 Å². The predicted octanol–water partition coefficient (Wildman–Crippen LogP) is 1.12. The molecule has 2 aliphatic carbocycles. The van der Waals surface area contributed by atoms with E-state index in [0.717, 1.165) is 6.42 Å². The lowest BCUT2D eigenvalue weighted by atomic mass is 9.69. The summed E-state index contributed by atoms with van der Waals surface area (Å²) in [5.74, 6) is -1.58. The molecule has 0 N–H and O–H groups in total. The maximum absolute atomic E-state index is 12.1. The Kier molecular flexibility index (Phi) is 4.55. The van der Waals surface area contributed by atoms with Crippen LogP contribution in [0.4, 0.5) is 0 Å². The molecule has 2 rings (SSSR count). The molecule has 0 aromatic heterocycles. The average molecular weight is 294 g/mol. The zero-order chi connectivity index (χ0) is 15.5. The van der Waals surface area contributed by atoms with E-state index in [0.29, 0.717) is 12.8 Å². The van der Waals surface area contributed by atoms with E-state index in [1.54, 1.807) is 6.92 Å². The molecule has 6 nitrogen and oxygen atoms in total. The second-order valence-corrected chi connectivity index (χ2v) is 5.29. The maximum Gasteiger partial charge on any atom is 0.323 e. The molecule has 0 unspecified atom stereocenters. The summed E-state index contributed by atoms with van der Waals surface area (Å²) >= 11 is 0. The van der Waals surface area contributed by atoms with Crippen LogP contribution in [0, 0.1) is 5.41 Å². The molecule has 0 aliphatic heterocycles. The lowest BCUT2D eigenvalue weighted by molar-refractivity contribution is -0.178. The summed E-state index contributed by atoms with van der Waals surface area (Å²) in [6.45, 7) is 1.61. The summed E-state index contributed by atoms with van der Waals surface area (Å²) in [6, 6.07) is 0. The Hall–Kier alpha value is -1.98. The van der Waals surface area contributed by atoms with Gasteiger partial charge >= 0.3 is 11.9 Å². The molecular weight excluding hydrogens is 276 g/mol. The van der Waals surface area contributed by atoms with Gasteiger partial charge in [0.2, 0.25) is 0 Å². The molecule has 114 valence electrons. The van der Waals surface area contributed by atoms with Crippen LogP contribution in [0.3, 0.4) is 0 Å². The van der Waals surface area contributed by atoms with E-state index >= 15 is 0 Å². The number of ether oxygens (including phenoxy) is 2. The van der Waals surface area contributed by atoms with Crippen LogP contribution in [0.2, 0.25) is 0 Å². The minimum atomic E-state index is -1.22. The second kappa shape index (κ2) is 6.20. The number of hydrogen-bond donors (Lipinski definition) is 0. The average Bonchev–Trinajstić information content (AvgIpc) is 2.39. The first-order chi connectivity index (χ1) is 9.99. The van der Waals surface area contributed by atoms with Crippen LogP contribution in [0.15, 0.2) is 11.6 Å². The highest BCUT2D eigenvalue weighted by atomic mass is 16.6. The van der Waals surface area contributed by atoms with Crippen molar-refractivity contribution in [1.29, 1.82) is 0 Å². The monoisotopic (exact) mass is 294 g/mol. The van der Waals surface area contributed by atoms with Crippen molar-refractivity contribution in [3.8, 4) is 0 Å². The number of Topliss-reactive ketones (excluding diaryl/α,β-unsaturated/α-hetero) is 1. The van der Waals surface area contributed by atoms with Crippen LogP contribution >= 0.6 is 0 Å². The van der Waals surface area contributed by atoms with Crippen molar-refractivity contribution in [2.75, 3.05) is 13.2 Å². The third-order valence-corrected chi connectivity index (χ3v) is 3.91. The van der Waals surface area contributed by atoms with Gasteiger partial charge in [-0.2, -0.15) is 0 Å². The molecule has 0 aromatic carbocycles. The summed E-state index contributed by atoms with van der Waals surface area (Å²) in [7, 11) is 0. The van der Waals surface area contributed by atoms with Gasteiger partial charge in [-0.1, -0.05) is 0 Å². The SMILES string of the molecule is CCOC(=O)C1(C(=O)OCC2=CC(=O)CCC2=O)CCC1. The zero-order valence-corrected chi connectivity index (χ0v) is 12.0. The smallest absolute Gasteiger partial charge is 0.323 e. The summed E-state index contributed by atoms with van der Waals surface area (Å²) in [5.41, 5.74) is -1.03. The number of esters is 2. The van der Waals surface area contributed by atoms with E-state index in [1.165, 1.54) is 6.08 Å². The van der Waals surface area contributed by atoms with Crippen molar-refractivity contribution in [1.82, 2.24) is 0 Å². The summed E-state index contributed by atoms with van der Waals surface area (Å²) in [5, 5.41) is 0. The molecule has 1 saturated carbocycles. The number of ketones is 2. The van der Waals surface area contributed by atoms with Gasteiger partial charge in [0.25, 0.3) is 0 Å². The Morgan fingerprint density at radius 2 is 1.81 bits per heavy atom. The molecule has 0 atom stereocenters. The highest BCUT2D eigenvalue weighted by Gasteiger charge is 2.53. The standard InChI is InChI=1S/C15H18O6/c1-2-20-13(18)15(6-3-7-15)14(19)21-9-10-8-11(16)4-5-12(10)17/h8H,2-7,9H2,1H3. The van der Waals surface area contributed by atoms with Crippen LogP contribution in [0.5, 0.6) is 0 Å². The quantitative estimate of drug-likeness (QED) is 0.558. The molecule has 2 aliphatic rings. The van der Waals surface area contributed by atoms with Gasteiger partial charge in [0.1, 0.15) is 6.61 Å². The van der Waals surface area contributed by atoms with E-state index in [-0.39, 0.29) is 43.2 Å². The van der Waals surface area contributed by atoms with Gasteiger partial charge in [0.05, 0.1) is 6.61 Å². The third-order valence-electron chi connectivity index (χ3n) is 3.91. The molecule has 0 bridgehead atoms. The van der Waals surface area contributed by atoms with Gasteiger partial charge in [-0.3, -0.25) is 19.2 Å². The lowest BCUT2D eigenvalue weighted by Gasteiger charge is -2.36. The Balaban J connectivity index is 1.99. The highest BCUT2D eigenvalue weighted by Crippen LogP contribution is 2.43. The minimum Gasteiger partial charge on any atom is -0.465 e. The van der Waals surface area contributed by atoms with E-state index in [4.69, 9.17) is 9.47 Å². The molecule has 0 amide bonds. The molecule has 1 fully saturated rings. The van der Waals surface area contributed by atoms with Crippen molar-refractivity contribution < 1.29 is 28.7 Å². The Morgan fingerprint density at radius 3 is 2.38 bits per heavy atom. The summed E-state index contributed by atoms with van der Waals surface area (Å²) < 4.78 is 10.0. The third kappa shape index (κ3) is 3.04. The fourth-order valence-corrected chi connectivity index (χ4v) is 2.44. The van der Waals surface area contributed by atoms with E-state index in [9.17, 15) is 19.2 Å². The normalized spacial score (nSPS) is 20.3. The molecule has 0 spiro atoms. The van der Waals surface area contributed by atoms with Gasteiger partial charge in [0, 0.05) is 18.4 Å². The number of carbonyl (C=O) groups is 4. The zero-order valence-electron chi connectivity index (χ0n) is 12.0. The minimum absolute atomic E-state index is 0.144. The first kappa shape index (κ1) is 15.4. The summed E-state index contributed by atoms with van der Waals surface area (Å²) in [6.07, 6.45) is 3.12. The number of rotatable bonds is 5. The Labute approximate surface area is 122 Å². The molecule has 0 heterocycles. The van der Waals surface area contributed by atoms with Gasteiger partial charge in [-0.15, -0.1) is 0 Å². The first-order valence-corrected chi connectivity index (χ1v) is 7.10. The van der Waals surface area contributed by atoms with Gasteiger partial charge < -0.3 is 9.47 Å². The van der Waals surface area contributed by atoms with Crippen molar-refractivity contribution in [3.05, 3.63) is 11.6 Å². The van der Waals surface area contributed by atoms with Gasteiger partial charge in [-0.25, -0.2) is 0 Å². The number of hydrogen-bond acceptors (Lipinski definition) is 6. The first-order valence-electron chi connectivity index (χ1n) is 7.10. The van der Waals surface area contributed by atoms with Crippen LogP contribution < -0.4 is 0 Å². The van der Waals surface area contributed by atoms with Gasteiger partial charge in [-0.05, 0) is 32.3 Å². The largest absolute Gasteiger partial charge is 0.465 e. The molecule has 0 radical (unpaired) electrons. The molecule has 21 heavy (non-hydrogen) atoms. The van der Waals surface area contributed by atoms with Crippen molar-refractivity contribution in [2.24, 2.45) is 5.41 Å². The van der Waals surface area contributed by atoms with Crippen LogP contribution in [0.1, 0.15) is 39.0 Å². The number of carbonyl (C=O) groups excluding carboxylic acids is 4. The van der Waals surface area contributed by atoms with Crippen LogP contribution in [-0.2, 0) is 28.7 Å². The molecular formula is C15H18O6. The fraction of sp³-hybridized carbons (Fsp3) is 0.600. The second-order valence-electron chi connectivity index (χ2n) is 5.29. The maximum atomic E-state index is 12.1. The molecule has 0 aromatic rings. The van der Waals surface area contributed by atoms with Crippen molar-refractivity contribution in [3.63, 3.8) is 0 Å². The fourth-order valence-electron chi connectivity index (χ4n) is 2.44. The van der Waals surface area contributed by atoms with E-state index in [2.05, 4.69) is 0 Å². The van der Waals surface area contributed by atoms with Crippen LogP contribution in [0.25, 0.3) is 0 Å². The highest BCUT2D eigenvalue weighted by molar-refractivity contribution is 6.08. The van der Waals surface area contributed by atoms with Crippen molar-refractivity contribution >= 4 is 23.5 Å². The summed E-state index contributed by atoms with van der Waals surface area (Å²) in [4.78, 5) is 46.9. The Bertz CT molecular complexity index is 512. The van der Waals surface area contributed by atoms with Gasteiger partial charge in [0.15, 0.2) is 17.0 Å². The lowest BCUT2D eigenvalue weighted by Crippen LogP contribution is -2.47. The Morgan fingerprint density at radius 1 is 1.14 bits per heavy atom. The van der Waals surface area contributed by atoms with E-state index < -0.39 is 17.4 Å². The van der Waals surface area contributed by atoms with E-state index in [1.807, 2.05) is 0 Å². The predicted molar refractivity (Wildman–Crippen MR) is 71.2 cm³/mol. The molecule has 0 saturated heterocycles.